The van der Waals surface area contributed by atoms with Gasteiger partial charge in [-0.15, -0.1) is 0 Å². The van der Waals surface area contributed by atoms with Crippen molar-refractivity contribution in [1.82, 2.24) is 0 Å². The number of hydrogen-bond donors (Lipinski definition) is 1. The zero-order chi connectivity index (χ0) is 19.7. The minimum Gasteiger partial charge on any atom is -0.503 e. The van der Waals surface area contributed by atoms with Gasteiger partial charge in [-0.2, -0.15) is 0 Å². The van der Waals surface area contributed by atoms with Crippen LogP contribution >= 0.6 is 0 Å². The number of Topliss-reactive ketones (excluding diaryl/α,β-unsaturated/α-hetero) is 1. The fourth-order valence-corrected chi connectivity index (χ4v) is 3.41. The van der Waals surface area contributed by atoms with Crippen LogP contribution in [-0.2, 0) is 9.59 Å². The van der Waals surface area contributed by atoms with Crippen LogP contribution < -0.4 is 9.64 Å². The van der Waals surface area contributed by atoms with Gasteiger partial charge in [0.25, 0.3) is 5.91 Å². The first-order valence-corrected chi connectivity index (χ1v) is 8.90. The number of amides is 1. The van der Waals surface area contributed by atoms with Crippen LogP contribution in [0.15, 0.2) is 53.8 Å². The van der Waals surface area contributed by atoms with Crippen molar-refractivity contribution in [2.75, 3.05) is 12.0 Å². The molecule has 1 atom stereocenters. The predicted molar refractivity (Wildman–Crippen MR) is 104 cm³/mol. The van der Waals surface area contributed by atoms with E-state index in [0.717, 1.165) is 11.1 Å². The van der Waals surface area contributed by atoms with E-state index in [9.17, 15) is 14.7 Å². The predicted octanol–water partition coefficient (Wildman–Crippen LogP) is 4.19. The third-order valence-electron chi connectivity index (χ3n) is 5.03. The molecule has 140 valence electrons. The van der Waals surface area contributed by atoms with Gasteiger partial charge in [-0.3, -0.25) is 14.5 Å². The number of carbonyl (C=O) groups is 2. The maximum absolute atomic E-state index is 12.9. The first-order valence-electron chi connectivity index (χ1n) is 8.90. The third kappa shape index (κ3) is 3.10. The minimum atomic E-state index is -0.733. The Bertz CT molecular complexity index is 945. The highest BCUT2D eigenvalue weighted by Gasteiger charge is 2.44. The number of methoxy groups -OCH3 is 1. The van der Waals surface area contributed by atoms with E-state index in [0.29, 0.717) is 17.0 Å². The van der Waals surface area contributed by atoms with Gasteiger partial charge >= 0.3 is 0 Å². The SMILES string of the molecule is CCC(=O)C1=C(O)C(=O)N(c2ccc(C)c(C)c2)C1c1ccccc1OC. The van der Waals surface area contributed by atoms with Gasteiger partial charge in [0.2, 0.25) is 0 Å². The number of ketones is 1. The van der Waals surface area contributed by atoms with Gasteiger partial charge in [0.1, 0.15) is 5.75 Å². The van der Waals surface area contributed by atoms with E-state index in [-0.39, 0.29) is 17.8 Å². The van der Waals surface area contributed by atoms with Gasteiger partial charge in [0.15, 0.2) is 11.5 Å². The van der Waals surface area contributed by atoms with Crippen molar-refractivity contribution in [3.05, 3.63) is 70.5 Å². The molecule has 1 aliphatic heterocycles. The highest BCUT2D eigenvalue weighted by molar-refractivity contribution is 6.16. The lowest BCUT2D eigenvalue weighted by atomic mass is 9.94. The van der Waals surface area contributed by atoms with Gasteiger partial charge in [0, 0.05) is 17.7 Å². The number of hydrogen-bond acceptors (Lipinski definition) is 4. The summed E-state index contributed by atoms with van der Waals surface area (Å²) in [6.45, 7) is 5.67. The number of aliphatic hydroxyl groups excluding tert-OH is 1. The molecule has 2 aromatic carbocycles. The molecule has 1 amide bonds. The zero-order valence-corrected chi connectivity index (χ0v) is 15.9. The highest BCUT2D eigenvalue weighted by Crippen LogP contribution is 2.44. The van der Waals surface area contributed by atoms with Crippen LogP contribution in [0.25, 0.3) is 0 Å². The maximum atomic E-state index is 12.9. The molecule has 0 saturated heterocycles. The van der Waals surface area contributed by atoms with E-state index in [1.165, 1.54) is 4.90 Å². The smallest absolute Gasteiger partial charge is 0.294 e. The van der Waals surface area contributed by atoms with E-state index in [1.807, 2.05) is 50.2 Å². The van der Waals surface area contributed by atoms with E-state index < -0.39 is 17.7 Å². The Morgan fingerprint density at radius 2 is 1.85 bits per heavy atom. The fraction of sp³-hybridized carbons (Fsp3) is 0.273. The van der Waals surface area contributed by atoms with Crippen molar-refractivity contribution in [1.29, 1.82) is 0 Å². The topological polar surface area (TPSA) is 66.8 Å². The number of aliphatic hydroxyl groups is 1. The van der Waals surface area contributed by atoms with E-state index >= 15 is 0 Å². The molecule has 5 heteroatoms. The number of carbonyl (C=O) groups excluding carboxylic acids is 2. The van der Waals surface area contributed by atoms with Gasteiger partial charge in [-0.1, -0.05) is 31.2 Å². The van der Waals surface area contributed by atoms with Crippen molar-refractivity contribution in [2.24, 2.45) is 0 Å². The van der Waals surface area contributed by atoms with E-state index in [1.54, 1.807) is 20.1 Å². The average molecular weight is 365 g/mol. The van der Waals surface area contributed by atoms with Gasteiger partial charge in [-0.05, 0) is 43.2 Å². The molecular formula is C22H23NO4. The Labute approximate surface area is 158 Å². The second kappa shape index (κ2) is 7.27. The molecular weight excluding hydrogens is 342 g/mol. The molecule has 0 aliphatic carbocycles. The van der Waals surface area contributed by atoms with Crippen LogP contribution in [0.3, 0.4) is 0 Å². The molecule has 0 aromatic heterocycles. The first-order chi connectivity index (χ1) is 12.9. The van der Waals surface area contributed by atoms with Crippen LogP contribution in [0.1, 0.15) is 36.1 Å². The standard InChI is InChI=1S/C22H23NO4/c1-5-17(24)19-20(16-8-6-7-9-18(16)27-4)23(22(26)21(19)25)15-11-10-13(2)14(3)12-15/h6-12,20,25H,5H2,1-4H3. The quantitative estimate of drug-likeness (QED) is 0.863. The Kier molecular flexibility index (Phi) is 5.04. The molecule has 0 saturated carbocycles. The van der Waals surface area contributed by atoms with Crippen LogP contribution in [0.5, 0.6) is 5.75 Å². The summed E-state index contributed by atoms with van der Waals surface area (Å²) in [6.07, 6.45) is 0.194. The van der Waals surface area contributed by atoms with Crippen LogP contribution in [0.4, 0.5) is 5.69 Å². The normalized spacial score (nSPS) is 16.8. The van der Waals surface area contributed by atoms with Gasteiger partial charge in [-0.25, -0.2) is 0 Å². The lowest BCUT2D eigenvalue weighted by Crippen LogP contribution is -2.31. The lowest BCUT2D eigenvalue weighted by molar-refractivity contribution is -0.118. The molecule has 1 heterocycles. The number of para-hydroxylation sites is 1. The average Bonchev–Trinajstić information content (AvgIpc) is 2.94. The molecule has 1 N–H and O–H groups in total. The van der Waals surface area contributed by atoms with E-state index in [4.69, 9.17) is 4.74 Å². The zero-order valence-electron chi connectivity index (χ0n) is 15.9. The Balaban J connectivity index is 2.24. The number of ether oxygens (including phenoxy) is 1. The van der Waals surface area contributed by atoms with Crippen LogP contribution in [0, 0.1) is 13.8 Å². The highest BCUT2D eigenvalue weighted by atomic mass is 16.5. The number of rotatable bonds is 5. The molecule has 27 heavy (non-hydrogen) atoms. The molecule has 0 bridgehead atoms. The van der Waals surface area contributed by atoms with Crippen molar-refractivity contribution >= 4 is 17.4 Å². The molecule has 5 nitrogen and oxygen atoms in total. The summed E-state index contributed by atoms with van der Waals surface area (Å²) in [5, 5.41) is 10.5. The molecule has 1 aliphatic rings. The summed E-state index contributed by atoms with van der Waals surface area (Å²) >= 11 is 0. The van der Waals surface area contributed by atoms with Crippen molar-refractivity contribution in [3.63, 3.8) is 0 Å². The molecule has 0 radical (unpaired) electrons. The molecule has 0 fully saturated rings. The van der Waals surface area contributed by atoms with Gasteiger partial charge in [0.05, 0.1) is 18.7 Å². The molecule has 2 aromatic rings. The largest absolute Gasteiger partial charge is 0.503 e. The van der Waals surface area contributed by atoms with Crippen molar-refractivity contribution in [3.8, 4) is 5.75 Å². The minimum absolute atomic E-state index is 0.116. The summed E-state index contributed by atoms with van der Waals surface area (Å²) in [5.74, 6) is -0.773. The Morgan fingerprint density at radius 1 is 1.15 bits per heavy atom. The lowest BCUT2D eigenvalue weighted by Gasteiger charge is -2.28. The number of benzene rings is 2. The third-order valence-corrected chi connectivity index (χ3v) is 5.03. The number of anilines is 1. The second-order valence-corrected chi connectivity index (χ2v) is 6.63. The summed E-state index contributed by atoms with van der Waals surface area (Å²) in [6, 6.07) is 12.2. The van der Waals surface area contributed by atoms with Crippen LogP contribution in [0.2, 0.25) is 0 Å². The first kappa shape index (κ1) is 18.7. The summed E-state index contributed by atoms with van der Waals surface area (Å²) < 4.78 is 5.46. The second-order valence-electron chi connectivity index (χ2n) is 6.63. The fourth-order valence-electron chi connectivity index (χ4n) is 3.41. The molecule has 0 spiro atoms. The van der Waals surface area contributed by atoms with Crippen molar-refractivity contribution < 1.29 is 19.4 Å². The number of nitrogens with zero attached hydrogens (tertiary/aromatic N) is 1. The molecule has 3 rings (SSSR count). The van der Waals surface area contributed by atoms with Crippen LogP contribution in [-0.4, -0.2) is 23.9 Å². The van der Waals surface area contributed by atoms with Gasteiger partial charge < -0.3 is 9.84 Å². The molecule has 1 unspecified atom stereocenters. The van der Waals surface area contributed by atoms with Crippen molar-refractivity contribution in [2.45, 2.75) is 33.2 Å². The Morgan fingerprint density at radius 3 is 2.48 bits per heavy atom. The number of aryl methyl sites for hydroxylation is 2. The summed E-state index contributed by atoms with van der Waals surface area (Å²) in [7, 11) is 1.54. The maximum Gasteiger partial charge on any atom is 0.294 e. The monoisotopic (exact) mass is 365 g/mol. The summed E-state index contributed by atoms with van der Waals surface area (Å²) in [4.78, 5) is 27.0. The Hall–Kier alpha value is -3.08. The van der Waals surface area contributed by atoms with E-state index in [2.05, 4.69) is 0 Å². The summed E-state index contributed by atoms with van der Waals surface area (Å²) in [5.41, 5.74) is 3.53.